The lowest BCUT2D eigenvalue weighted by atomic mass is 10.0. The third-order valence-electron chi connectivity index (χ3n) is 4.63. The summed E-state index contributed by atoms with van der Waals surface area (Å²) in [7, 11) is 0. The smallest absolute Gasteiger partial charge is 0.163 e. The molecule has 30 heavy (non-hydrogen) atoms. The summed E-state index contributed by atoms with van der Waals surface area (Å²) in [5.74, 6) is 1.69. The van der Waals surface area contributed by atoms with E-state index in [2.05, 4.69) is 6.07 Å². The number of phenolic OH excluding ortho intramolecular Hbond substituents is 1. The lowest BCUT2D eigenvalue weighted by Crippen LogP contribution is -2.02. The summed E-state index contributed by atoms with van der Waals surface area (Å²) in [5.41, 5.74) is 2.43. The molecule has 0 aliphatic carbocycles. The SMILES string of the molecule is CCCc1c(OCc2cccc(Oc3ccc(C#N)cc3)c2)ccc(C(C)=O)c1O. The zero-order valence-corrected chi connectivity index (χ0v) is 17.0. The molecule has 0 aromatic heterocycles. The predicted molar refractivity (Wildman–Crippen MR) is 114 cm³/mol. The van der Waals surface area contributed by atoms with Crippen molar-refractivity contribution in [3.63, 3.8) is 0 Å². The van der Waals surface area contributed by atoms with Crippen LogP contribution in [0.3, 0.4) is 0 Å². The highest BCUT2D eigenvalue weighted by Crippen LogP contribution is 2.33. The van der Waals surface area contributed by atoms with Crippen LogP contribution in [0.4, 0.5) is 0 Å². The standard InChI is InChI=1S/C25H23NO4/c1-3-5-23-24(13-12-22(17(2)27)25(23)28)29-16-19-6-4-7-21(14-19)30-20-10-8-18(15-26)9-11-20/h4,6-14,28H,3,5,16H2,1-2H3. The first kappa shape index (κ1) is 20.9. The topological polar surface area (TPSA) is 79.5 Å². The third kappa shape index (κ3) is 4.98. The molecule has 0 aliphatic heterocycles. The van der Waals surface area contributed by atoms with Gasteiger partial charge in [0.15, 0.2) is 5.78 Å². The van der Waals surface area contributed by atoms with Crippen molar-refractivity contribution < 1.29 is 19.4 Å². The van der Waals surface area contributed by atoms with Gasteiger partial charge < -0.3 is 14.6 Å². The van der Waals surface area contributed by atoms with Crippen LogP contribution in [0, 0.1) is 11.3 Å². The number of phenols is 1. The van der Waals surface area contributed by atoms with E-state index in [0.717, 1.165) is 12.0 Å². The highest BCUT2D eigenvalue weighted by atomic mass is 16.5. The number of hydrogen-bond acceptors (Lipinski definition) is 5. The number of hydrogen-bond donors (Lipinski definition) is 1. The average molecular weight is 401 g/mol. The van der Waals surface area contributed by atoms with Crippen LogP contribution in [0.25, 0.3) is 0 Å². The Bertz CT molecular complexity index is 1080. The first-order chi connectivity index (χ1) is 14.5. The number of rotatable bonds is 8. The summed E-state index contributed by atoms with van der Waals surface area (Å²) in [6.07, 6.45) is 1.43. The zero-order valence-electron chi connectivity index (χ0n) is 17.0. The maximum Gasteiger partial charge on any atom is 0.163 e. The van der Waals surface area contributed by atoms with Gasteiger partial charge in [0.2, 0.25) is 0 Å². The van der Waals surface area contributed by atoms with E-state index >= 15 is 0 Å². The quantitative estimate of drug-likeness (QED) is 0.483. The second kappa shape index (κ2) is 9.62. The van der Waals surface area contributed by atoms with Crippen LogP contribution in [0.2, 0.25) is 0 Å². The molecule has 3 aromatic rings. The predicted octanol–water partition coefficient (Wildman–Crippen LogP) is 5.79. The summed E-state index contributed by atoms with van der Waals surface area (Å²) < 4.78 is 11.8. The van der Waals surface area contributed by atoms with Gasteiger partial charge in [0.1, 0.15) is 29.6 Å². The molecule has 152 valence electrons. The molecule has 0 unspecified atom stereocenters. The largest absolute Gasteiger partial charge is 0.507 e. The average Bonchev–Trinajstić information content (AvgIpc) is 2.75. The fraction of sp³-hybridized carbons (Fsp3) is 0.200. The number of carbonyl (C=O) groups excluding carboxylic acids is 1. The van der Waals surface area contributed by atoms with Gasteiger partial charge in [0, 0.05) is 5.56 Å². The Balaban J connectivity index is 1.74. The molecule has 0 fully saturated rings. The summed E-state index contributed by atoms with van der Waals surface area (Å²) in [6.45, 7) is 3.73. The number of carbonyl (C=O) groups is 1. The Morgan fingerprint density at radius 3 is 2.50 bits per heavy atom. The fourth-order valence-electron chi connectivity index (χ4n) is 3.12. The second-order valence-corrected chi connectivity index (χ2v) is 6.92. The second-order valence-electron chi connectivity index (χ2n) is 6.92. The van der Waals surface area contributed by atoms with E-state index in [9.17, 15) is 9.90 Å². The number of nitrogens with zero attached hydrogens (tertiary/aromatic N) is 1. The fourth-order valence-corrected chi connectivity index (χ4v) is 3.12. The van der Waals surface area contributed by atoms with Crippen molar-refractivity contribution in [1.29, 1.82) is 5.26 Å². The molecule has 5 nitrogen and oxygen atoms in total. The Hall–Kier alpha value is -3.78. The van der Waals surface area contributed by atoms with E-state index in [1.54, 1.807) is 36.4 Å². The Morgan fingerprint density at radius 1 is 1.07 bits per heavy atom. The molecule has 0 saturated heterocycles. The van der Waals surface area contributed by atoms with Gasteiger partial charge in [-0.25, -0.2) is 0 Å². The monoisotopic (exact) mass is 401 g/mol. The highest BCUT2D eigenvalue weighted by molar-refractivity contribution is 5.97. The molecule has 0 amide bonds. The Morgan fingerprint density at radius 2 is 1.83 bits per heavy atom. The number of ketones is 1. The highest BCUT2D eigenvalue weighted by Gasteiger charge is 2.16. The van der Waals surface area contributed by atoms with Crippen molar-refractivity contribution in [3.8, 4) is 29.1 Å². The van der Waals surface area contributed by atoms with Crippen molar-refractivity contribution >= 4 is 5.78 Å². The molecular formula is C25H23NO4. The van der Waals surface area contributed by atoms with Gasteiger partial charge in [-0.3, -0.25) is 4.79 Å². The summed E-state index contributed by atoms with van der Waals surface area (Å²) in [4.78, 5) is 11.7. The number of nitriles is 1. The number of benzene rings is 3. The van der Waals surface area contributed by atoms with E-state index in [0.29, 0.717) is 47.0 Å². The van der Waals surface area contributed by atoms with Gasteiger partial charge in [-0.15, -0.1) is 0 Å². The van der Waals surface area contributed by atoms with Crippen LogP contribution in [0.15, 0.2) is 60.7 Å². The van der Waals surface area contributed by atoms with Gasteiger partial charge in [-0.05, 0) is 67.4 Å². The molecule has 3 rings (SSSR count). The van der Waals surface area contributed by atoms with Crippen molar-refractivity contribution in [2.24, 2.45) is 0 Å². The molecule has 5 heteroatoms. The first-order valence-corrected chi connectivity index (χ1v) is 9.77. The molecule has 3 aromatic carbocycles. The number of ether oxygens (including phenoxy) is 2. The zero-order chi connectivity index (χ0) is 21.5. The van der Waals surface area contributed by atoms with E-state index in [1.165, 1.54) is 6.92 Å². The maximum atomic E-state index is 11.7. The van der Waals surface area contributed by atoms with Gasteiger partial charge >= 0.3 is 0 Å². The number of aromatic hydroxyl groups is 1. The van der Waals surface area contributed by atoms with Gasteiger partial charge in [-0.1, -0.05) is 25.5 Å². The van der Waals surface area contributed by atoms with Crippen molar-refractivity contribution in [2.45, 2.75) is 33.3 Å². The molecule has 0 radical (unpaired) electrons. The molecule has 1 N–H and O–H groups in total. The van der Waals surface area contributed by atoms with Gasteiger partial charge in [0.25, 0.3) is 0 Å². The van der Waals surface area contributed by atoms with Crippen molar-refractivity contribution in [1.82, 2.24) is 0 Å². The van der Waals surface area contributed by atoms with Crippen LogP contribution < -0.4 is 9.47 Å². The summed E-state index contributed by atoms with van der Waals surface area (Å²) in [5, 5.41) is 19.4. The molecule has 0 heterocycles. The molecule has 0 saturated carbocycles. The van der Waals surface area contributed by atoms with Gasteiger partial charge in [0.05, 0.1) is 17.2 Å². The summed E-state index contributed by atoms with van der Waals surface area (Å²) >= 11 is 0. The van der Waals surface area contributed by atoms with Crippen molar-refractivity contribution in [2.75, 3.05) is 0 Å². The van der Waals surface area contributed by atoms with Crippen LogP contribution in [-0.2, 0) is 13.0 Å². The minimum atomic E-state index is -0.177. The Labute approximate surface area is 176 Å². The summed E-state index contributed by atoms with van der Waals surface area (Å²) in [6, 6.07) is 19.8. The minimum absolute atomic E-state index is 0.000231. The lowest BCUT2D eigenvalue weighted by Gasteiger charge is -2.15. The van der Waals surface area contributed by atoms with Crippen LogP contribution in [0.1, 0.15) is 47.3 Å². The van der Waals surface area contributed by atoms with E-state index < -0.39 is 0 Å². The Kier molecular flexibility index (Phi) is 6.71. The first-order valence-electron chi connectivity index (χ1n) is 9.77. The molecular weight excluding hydrogens is 378 g/mol. The van der Waals surface area contributed by atoms with Gasteiger partial charge in [-0.2, -0.15) is 5.26 Å². The van der Waals surface area contributed by atoms with Crippen molar-refractivity contribution in [3.05, 3.63) is 82.9 Å². The van der Waals surface area contributed by atoms with Crippen LogP contribution >= 0.6 is 0 Å². The molecule has 0 atom stereocenters. The van der Waals surface area contributed by atoms with E-state index in [-0.39, 0.29) is 11.5 Å². The van der Waals surface area contributed by atoms with E-state index in [4.69, 9.17) is 14.7 Å². The minimum Gasteiger partial charge on any atom is -0.507 e. The molecule has 0 spiro atoms. The molecule has 0 bridgehead atoms. The lowest BCUT2D eigenvalue weighted by molar-refractivity contribution is 0.101. The normalized spacial score (nSPS) is 10.3. The van der Waals surface area contributed by atoms with Crippen LogP contribution in [0.5, 0.6) is 23.0 Å². The van der Waals surface area contributed by atoms with Crippen LogP contribution in [-0.4, -0.2) is 10.9 Å². The molecule has 0 aliphatic rings. The third-order valence-corrected chi connectivity index (χ3v) is 4.63. The maximum absolute atomic E-state index is 11.7. The van der Waals surface area contributed by atoms with E-state index in [1.807, 2.05) is 31.2 Å². The number of Topliss-reactive ketones (excluding diaryl/α,β-unsaturated/α-hetero) is 1.